The number of nitrogens with zero attached hydrogens (tertiary/aromatic N) is 1. The second-order valence-corrected chi connectivity index (χ2v) is 7.91. The van der Waals surface area contributed by atoms with Gasteiger partial charge in [0.15, 0.2) is 0 Å². The predicted octanol–water partition coefficient (Wildman–Crippen LogP) is 3.99. The Balaban J connectivity index is 1.46. The number of esters is 1. The summed E-state index contributed by atoms with van der Waals surface area (Å²) in [5.74, 6) is -0.678. The Kier molecular flexibility index (Phi) is 5.63. The van der Waals surface area contributed by atoms with Gasteiger partial charge in [0.05, 0.1) is 17.6 Å². The Bertz CT molecular complexity index is 1090. The van der Waals surface area contributed by atoms with Crippen molar-refractivity contribution >= 4 is 34.8 Å². The van der Waals surface area contributed by atoms with Crippen molar-refractivity contribution < 1.29 is 19.1 Å². The van der Waals surface area contributed by atoms with E-state index in [9.17, 15) is 14.4 Å². The molecule has 0 saturated heterocycles. The van der Waals surface area contributed by atoms with Crippen molar-refractivity contribution in [1.82, 2.24) is 4.90 Å². The number of fused-ring (bicyclic) bond motifs is 1. The zero-order chi connectivity index (χ0) is 21.1. The Morgan fingerprint density at radius 3 is 2.47 bits per heavy atom. The Labute approximate surface area is 178 Å². The van der Waals surface area contributed by atoms with Gasteiger partial charge in [-0.3, -0.25) is 9.59 Å². The number of rotatable bonds is 4. The van der Waals surface area contributed by atoms with Gasteiger partial charge in [-0.1, -0.05) is 12.1 Å². The minimum absolute atomic E-state index is 0.0378. The molecule has 1 aromatic heterocycles. The number of carbonyl (C=O) groups excluding carboxylic acids is 3. The minimum Gasteiger partial charge on any atom is -0.465 e. The molecule has 0 saturated carbocycles. The smallest absolute Gasteiger partial charge is 0.337 e. The fourth-order valence-corrected chi connectivity index (χ4v) is 4.13. The third kappa shape index (κ3) is 4.11. The molecule has 7 heteroatoms. The summed E-state index contributed by atoms with van der Waals surface area (Å²) < 4.78 is 4.67. The number of nitrogens with one attached hydrogen (secondary N) is 1. The Morgan fingerprint density at radius 2 is 1.77 bits per heavy atom. The zero-order valence-corrected chi connectivity index (χ0v) is 17.2. The van der Waals surface area contributed by atoms with Gasteiger partial charge < -0.3 is 15.0 Å². The number of carbonyl (C=O) groups is 3. The van der Waals surface area contributed by atoms with Crippen LogP contribution in [0.25, 0.3) is 0 Å². The molecule has 0 atom stereocenters. The molecule has 30 heavy (non-hydrogen) atoms. The summed E-state index contributed by atoms with van der Waals surface area (Å²) in [6.45, 7) is 1.20. The lowest BCUT2D eigenvalue weighted by molar-refractivity contribution is 0.0600. The van der Waals surface area contributed by atoms with Crippen LogP contribution in [0.3, 0.4) is 0 Å². The molecular weight excluding hydrogens is 400 g/mol. The topological polar surface area (TPSA) is 75.7 Å². The highest BCUT2D eigenvalue weighted by Crippen LogP contribution is 2.25. The van der Waals surface area contributed by atoms with E-state index in [0.29, 0.717) is 29.9 Å². The lowest BCUT2D eigenvalue weighted by atomic mass is 9.98. The van der Waals surface area contributed by atoms with Gasteiger partial charge in [0.1, 0.15) is 0 Å². The highest BCUT2D eigenvalue weighted by atomic mass is 32.1. The van der Waals surface area contributed by atoms with Crippen molar-refractivity contribution in [3.05, 3.63) is 87.1 Å². The molecule has 2 amide bonds. The van der Waals surface area contributed by atoms with Crippen LogP contribution in [0.4, 0.5) is 5.69 Å². The maximum atomic E-state index is 12.6. The summed E-state index contributed by atoms with van der Waals surface area (Å²) in [6, 6.07) is 15.8. The fraction of sp³-hybridized carbons (Fsp3) is 0.174. The maximum absolute atomic E-state index is 12.6. The summed E-state index contributed by atoms with van der Waals surface area (Å²) in [5.41, 5.74) is 3.71. The van der Waals surface area contributed by atoms with Gasteiger partial charge >= 0.3 is 5.97 Å². The van der Waals surface area contributed by atoms with E-state index in [1.54, 1.807) is 24.3 Å². The minimum atomic E-state index is -0.446. The number of hydrogen-bond donors (Lipinski definition) is 1. The molecule has 152 valence electrons. The molecule has 0 aliphatic carbocycles. The number of thiophene rings is 1. The molecule has 2 heterocycles. The third-order valence-corrected chi connectivity index (χ3v) is 5.92. The van der Waals surface area contributed by atoms with Crippen LogP contribution < -0.4 is 5.32 Å². The third-order valence-electron chi connectivity index (χ3n) is 5.06. The van der Waals surface area contributed by atoms with Gasteiger partial charge in [-0.2, -0.15) is 0 Å². The van der Waals surface area contributed by atoms with Gasteiger partial charge in [-0.25, -0.2) is 4.79 Å². The lowest BCUT2D eigenvalue weighted by Gasteiger charge is -2.29. The molecule has 0 unspecified atom stereocenters. The van der Waals surface area contributed by atoms with Gasteiger partial charge in [-0.15, -0.1) is 11.3 Å². The van der Waals surface area contributed by atoms with E-state index in [2.05, 4.69) is 10.1 Å². The second kappa shape index (κ2) is 8.51. The maximum Gasteiger partial charge on any atom is 0.337 e. The molecule has 1 aliphatic rings. The fourth-order valence-electron chi connectivity index (χ4n) is 3.44. The number of anilines is 1. The SMILES string of the molecule is COC(=O)c1ccc(C(=O)Nc2ccc3c(c2)CN(C(=O)c2cccs2)CC3)cc1. The lowest BCUT2D eigenvalue weighted by Crippen LogP contribution is -2.35. The van der Waals surface area contributed by atoms with Crippen molar-refractivity contribution in [2.24, 2.45) is 0 Å². The van der Waals surface area contributed by atoms with Crippen LogP contribution in [0, 0.1) is 0 Å². The molecule has 0 bridgehead atoms. The van der Waals surface area contributed by atoms with Crippen molar-refractivity contribution in [3.63, 3.8) is 0 Å². The summed E-state index contributed by atoms with van der Waals surface area (Å²) in [6.07, 6.45) is 0.787. The van der Waals surface area contributed by atoms with E-state index in [-0.39, 0.29) is 11.8 Å². The highest BCUT2D eigenvalue weighted by molar-refractivity contribution is 7.12. The van der Waals surface area contributed by atoms with Crippen LogP contribution in [-0.4, -0.2) is 36.3 Å². The predicted molar refractivity (Wildman–Crippen MR) is 115 cm³/mol. The number of hydrogen-bond acceptors (Lipinski definition) is 5. The van der Waals surface area contributed by atoms with E-state index < -0.39 is 5.97 Å². The number of methoxy groups -OCH3 is 1. The van der Waals surface area contributed by atoms with Gasteiger partial charge in [0.25, 0.3) is 11.8 Å². The quantitative estimate of drug-likeness (QED) is 0.648. The summed E-state index contributed by atoms with van der Waals surface area (Å²) >= 11 is 1.44. The number of benzene rings is 2. The van der Waals surface area contributed by atoms with E-state index >= 15 is 0 Å². The molecule has 0 spiro atoms. The molecule has 4 rings (SSSR count). The van der Waals surface area contributed by atoms with E-state index in [4.69, 9.17) is 0 Å². The highest BCUT2D eigenvalue weighted by Gasteiger charge is 2.22. The first kappa shape index (κ1) is 19.8. The summed E-state index contributed by atoms with van der Waals surface area (Å²) in [4.78, 5) is 39.3. The first-order valence-electron chi connectivity index (χ1n) is 9.49. The molecule has 2 aromatic carbocycles. The molecular formula is C23H20N2O4S. The first-order chi connectivity index (χ1) is 14.5. The van der Waals surface area contributed by atoms with Crippen LogP contribution in [0.5, 0.6) is 0 Å². The molecule has 0 radical (unpaired) electrons. The molecule has 3 aromatic rings. The Morgan fingerprint density at radius 1 is 1.00 bits per heavy atom. The second-order valence-electron chi connectivity index (χ2n) is 6.96. The van der Waals surface area contributed by atoms with Crippen LogP contribution in [0.15, 0.2) is 60.0 Å². The van der Waals surface area contributed by atoms with Crippen LogP contribution >= 0.6 is 11.3 Å². The normalized spacial score (nSPS) is 12.8. The molecule has 1 N–H and O–H groups in total. The van der Waals surface area contributed by atoms with Gasteiger partial charge in [0.2, 0.25) is 0 Å². The average molecular weight is 420 g/mol. The van der Waals surface area contributed by atoms with Crippen molar-refractivity contribution in [2.75, 3.05) is 19.0 Å². The largest absolute Gasteiger partial charge is 0.465 e. The summed E-state index contributed by atoms with van der Waals surface area (Å²) in [5, 5.41) is 4.79. The zero-order valence-electron chi connectivity index (χ0n) is 16.4. The van der Waals surface area contributed by atoms with Crippen molar-refractivity contribution in [1.29, 1.82) is 0 Å². The number of amides is 2. The van der Waals surface area contributed by atoms with E-state index in [1.807, 2.05) is 40.6 Å². The monoisotopic (exact) mass is 420 g/mol. The van der Waals surface area contributed by atoms with Crippen molar-refractivity contribution in [2.45, 2.75) is 13.0 Å². The summed E-state index contributed by atoms with van der Waals surface area (Å²) in [7, 11) is 1.31. The van der Waals surface area contributed by atoms with Gasteiger partial charge in [0, 0.05) is 24.3 Å². The Hall–Kier alpha value is -3.45. The van der Waals surface area contributed by atoms with Crippen LogP contribution in [-0.2, 0) is 17.7 Å². The van der Waals surface area contributed by atoms with E-state index in [1.165, 1.54) is 24.0 Å². The molecule has 1 aliphatic heterocycles. The van der Waals surface area contributed by atoms with Crippen molar-refractivity contribution in [3.8, 4) is 0 Å². The average Bonchev–Trinajstić information content (AvgIpc) is 3.32. The van der Waals surface area contributed by atoms with Gasteiger partial charge in [-0.05, 0) is 65.4 Å². The molecule has 6 nitrogen and oxygen atoms in total. The van der Waals surface area contributed by atoms with Crippen LogP contribution in [0.2, 0.25) is 0 Å². The van der Waals surface area contributed by atoms with E-state index in [0.717, 1.165) is 16.9 Å². The first-order valence-corrected chi connectivity index (χ1v) is 10.4. The number of ether oxygens (including phenoxy) is 1. The molecule has 0 fully saturated rings. The van der Waals surface area contributed by atoms with Crippen LogP contribution in [0.1, 0.15) is 41.5 Å². The standard InChI is InChI=1S/C23H20N2O4S/c1-29-23(28)17-6-4-16(5-7-17)21(26)24-19-9-8-15-10-11-25(14-18(15)13-19)22(27)20-3-2-12-30-20/h2-9,12-13H,10-11,14H2,1H3,(H,24,26).